The second-order valence-corrected chi connectivity index (χ2v) is 4.20. The Labute approximate surface area is 99.8 Å². The highest BCUT2D eigenvalue weighted by molar-refractivity contribution is 5.73. The van der Waals surface area contributed by atoms with Gasteiger partial charge in [0.25, 0.3) is 0 Å². The van der Waals surface area contributed by atoms with Gasteiger partial charge in [-0.05, 0) is 18.2 Å². The number of anilines is 2. The van der Waals surface area contributed by atoms with E-state index in [-0.39, 0.29) is 11.7 Å². The van der Waals surface area contributed by atoms with Crippen molar-refractivity contribution < 1.29 is 9.18 Å². The molecule has 1 aromatic rings. The fourth-order valence-electron chi connectivity index (χ4n) is 2.04. The van der Waals surface area contributed by atoms with E-state index in [9.17, 15) is 9.18 Å². The van der Waals surface area contributed by atoms with Gasteiger partial charge < -0.3 is 15.5 Å². The molecule has 1 aliphatic rings. The van der Waals surface area contributed by atoms with Crippen LogP contribution in [0.3, 0.4) is 0 Å². The van der Waals surface area contributed by atoms with E-state index < -0.39 is 0 Å². The number of rotatable bonds is 1. The van der Waals surface area contributed by atoms with Crippen molar-refractivity contribution in [1.29, 1.82) is 0 Å². The van der Waals surface area contributed by atoms with Crippen LogP contribution in [0.4, 0.5) is 15.8 Å². The lowest BCUT2D eigenvalue weighted by Gasteiger charge is -2.35. The molecular formula is C12H16FN3O. The maximum atomic E-state index is 13.7. The first kappa shape index (κ1) is 11.7. The summed E-state index contributed by atoms with van der Waals surface area (Å²) in [5.41, 5.74) is 6.49. The lowest BCUT2D eigenvalue weighted by molar-refractivity contribution is -0.129. The normalized spacial score (nSPS) is 16.1. The summed E-state index contributed by atoms with van der Waals surface area (Å²) in [6.07, 6.45) is 0. The van der Waals surface area contributed by atoms with E-state index in [1.54, 1.807) is 24.0 Å². The van der Waals surface area contributed by atoms with Crippen molar-refractivity contribution in [2.45, 2.75) is 6.92 Å². The highest BCUT2D eigenvalue weighted by Crippen LogP contribution is 2.22. The Balaban J connectivity index is 2.08. The summed E-state index contributed by atoms with van der Waals surface area (Å²) in [5, 5.41) is 0. The number of nitrogens with two attached hydrogens (primary N) is 1. The number of hydrogen-bond donors (Lipinski definition) is 1. The minimum absolute atomic E-state index is 0.0717. The van der Waals surface area contributed by atoms with E-state index in [0.29, 0.717) is 37.6 Å². The average molecular weight is 237 g/mol. The maximum absolute atomic E-state index is 13.7. The number of nitrogens with zero attached hydrogens (tertiary/aromatic N) is 2. The van der Waals surface area contributed by atoms with Crippen LogP contribution in [-0.4, -0.2) is 37.0 Å². The van der Waals surface area contributed by atoms with Gasteiger partial charge >= 0.3 is 0 Å². The van der Waals surface area contributed by atoms with Crippen LogP contribution in [0.1, 0.15) is 6.92 Å². The van der Waals surface area contributed by atoms with Crippen LogP contribution in [0.2, 0.25) is 0 Å². The first-order valence-corrected chi connectivity index (χ1v) is 5.63. The van der Waals surface area contributed by atoms with Crippen LogP contribution in [0.15, 0.2) is 18.2 Å². The van der Waals surface area contributed by atoms with Gasteiger partial charge in [0.2, 0.25) is 5.91 Å². The molecule has 2 rings (SSSR count). The number of hydrogen-bond acceptors (Lipinski definition) is 3. The van der Waals surface area contributed by atoms with Crippen molar-refractivity contribution >= 4 is 17.3 Å². The summed E-state index contributed by atoms with van der Waals surface area (Å²) in [4.78, 5) is 14.9. The lowest BCUT2D eigenvalue weighted by atomic mass is 10.2. The smallest absolute Gasteiger partial charge is 0.219 e. The molecule has 2 N–H and O–H groups in total. The fraction of sp³-hybridized carbons (Fsp3) is 0.417. The molecule has 0 spiro atoms. The van der Waals surface area contributed by atoms with Gasteiger partial charge in [-0.25, -0.2) is 4.39 Å². The summed E-state index contributed by atoms with van der Waals surface area (Å²) >= 11 is 0. The van der Waals surface area contributed by atoms with Crippen LogP contribution in [0, 0.1) is 5.82 Å². The average Bonchev–Trinajstić information content (AvgIpc) is 2.29. The predicted octanol–water partition coefficient (Wildman–Crippen LogP) is 1.08. The van der Waals surface area contributed by atoms with E-state index in [2.05, 4.69) is 0 Å². The molecule has 17 heavy (non-hydrogen) atoms. The zero-order valence-corrected chi connectivity index (χ0v) is 9.82. The summed E-state index contributed by atoms with van der Waals surface area (Å²) < 4.78 is 13.7. The van der Waals surface area contributed by atoms with E-state index in [0.717, 1.165) is 0 Å². The number of carbonyl (C=O) groups is 1. The zero-order valence-electron chi connectivity index (χ0n) is 9.82. The number of carbonyl (C=O) groups excluding carboxylic acids is 1. The van der Waals surface area contributed by atoms with Gasteiger partial charge in [0.15, 0.2) is 0 Å². The molecule has 0 saturated carbocycles. The minimum Gasteiger partial charge on any atom is -0.399 e. The van der Waals surface area contributed by atoms with Gasteiger partial charge in [0.05, 0.1) is 5.69 Å². The molecular weight excluding hydrogens is 221 g/mol. The maximum Gasteiger partial charge on any atom is 0.219 e. The molecule has 1 saturated heterocycles. The van der Waals surface area contributed by atoms with E-state index in [4.69, 9.17) is 5.73 Å². The Bertz CT molecular complexity index is 428. The molecule has 1 heterocycles. The fourth-order valence-corrected chi connectivity index (χ4v) is 2.04. The van der Waals surface area contributed by atoms with Crippen molar-refractivity contribution in [3.8, 4) is 0 Å². The first-order valence-electron chi connectivity index (χ1n) is 5.63. The number of piperazine rings is 1. The van der Waals surface area contributed by atoms with E-state index >= 15 is 0 Å². The Hall–Kier alpha value is -1.78. The van der Waals surface area contributed by atoms with Gasteiger partial charge in [0, 0.05) is 38.8 Å². The van der Waals surface area contributed by atoms with Crippen molar-refractivity contribution in [3.05, 3.63) is 24.0 Å². The number of benzene rings is 1. The third-order valence-electron chi connectivity index (χ3n) is 3.04. The van der Waals surface area contributed by atoms with Crippen LogP contribution < -0.4 is 10.6 Å². The monoisotopic (exact) mass is 237 g/mol. The first-order chi connectivity index (χ1) is 8.08. The molecule has 0 aromatic heterocycles. The standard InChI is InChI=1S/C12H16FN3O/c1-9(17)15-4-6-16(7-5-15)12-3-2-10(14)8-11(12)13/h2-3,8H,4-7,14H2,1H3. The topological polar surface area (TPSA) is 49.6 Å². The molecule has 4 nitrogen and oxygen atoms in total. The molecule has 0 aliphatic carbocycles. The van der Waals surface area contributed by atoms with Crippen molar-refractivity contribution in [3.63, 3.8) is 0 Å². The SMILES string of the molecule is CC(=O)N1CCN(c2ccc(N)cc2F)CC1. The predicted molar refractivity (Wildman–Crippen MR) is 65.3 cm³/mol. The highest BCUT2D eigenvalue weighted by Gasteiger charge is 2.20. The van der Waals surface area contributed by atoms with Crippen LogP contribution in [0.25, 0.3) is 0 Å². The highest BCUT2D eigenvalue weighted by atomic mass is 19.1. The molecule has 0 bridgehead atoms. The lowest BCUT2D eigenvalue weighted by Crippen LogP contribution is -2.48. The van der Waals surface area contributed by atoms with Crippen molar-refractivity contribution in [2.75, 3.05) is 36.8 Å². The van der Waals surface area contributed by atoms with Gasteiger partial charge in [0.1, 0.15) is 5.82 Å². The second kappa shape index (κ2) is 4.61. The largest absolute Gasteiger partial charge is 0.399 e. The van der Waals surface area contributed by atoms with E-state index in [1.165, 1.54) is 6.07 Å². The number of nitrogen functional groups attached to an aromatic ring is 1. The molecule has 0 atom stereocenters. The van der Waals surface area contributed by atoms with Gasteiger partial charge in [-0.15, -0.1) is 0 Å². The molecule has 0 unspecified atom stereocenters. The Morgan fingerprint density at radius 1 is 1.29 bits per heavy atom. The third kappa shape index (κ3) is 2.49. The van der Waals surface area contributed by atoms with Gasteiger partial charge in [-0.3, -0.25) is 4.79 Å². The van der Waals surface area contributed by atoms with Crippen molar-refractivity contribution in [2.24, 2.45) is 0 Å². The van der Waals surface area contributed by atoms with Crippen molar-refractivity contribution in [1.82, 2.24) is 4.90 Å². The Morgan fingerprint density at radius 2 is 1.94 bits per heavy atom. The molecule has 5 heteroatoms. The molecule has 0 radical (unpaired) electrons. The zero-order chi connectivity index (χ0) is 12.4. The van der Waals surface area contributed by atoms with Crippen LogP contribution >= 0.6 is 0 Å². The Kier molecular flexibility index (Phi) is 3.17. The van der Waals surface area contributed by atoms with E-state index in [1.807, 2.05) is 4.90 Å². The summed E-state index contributed by atoms with van der Waals surface area (Å²) in [7, 11) is 0. The Morgan fingerprint density at radius 3 is 2.47 bits per heavy atom. The van der Waals surface area contributed by atoms with Gasteiger partial charge in [-0.1, -0.05) is 0 Å². The minimum atomic E-state index is -0.304. The number of halogens is 1. The molecule has 1 fully saturated rings. The van der Waals surface area contributed by atoms with Gasteiger partial charge in [-0.2, -0.15) is 0 Å². The summed E-state index contributed by atoms with van der Waals surface area (Å²) in [6, 6.07) is 4.70. The molecule has 1 amide bonds. The third-order valence-corrected chi connectivity index (χ3v) is 3.04. The quantitative estimate of drug-likeness (QED) is 0.743. The van der Waals surface area contributed by atoms with Crippen LogP contribution in [-0.2, 0) is 4.79 Å². The molecule has 92 valence electrons. The second-order valence-electron chi connectivity index (χ2n) is 4.20. The molecule has 1 aliphatic heterocycles. The molecule has 1 aromatic carbocycles. The summed E-state index contributed by atoms with van der Waals surface area (Å²) in [6.45, 7) is 4.14. The number of amides is 1. The summed E-state index contributed by atoms with van der Waals surface area (Å²) in [5.74, 6) is -0.233. The van der Waals surface area contributed by atoms with Crippen LogP contribution in [0.5, 0.6) is 0 Å².